The topological polar surface area (TPSA) is 23.8 Å². The molecule has 1 aliphatic carbocycles. The van der Waals surface area contributed by atoms with Gasteiger partial charge in [-0.3, -0.25) is 0 Å². The van der Waals surface area contributed by atoms with E-state index in [1.807, 2.05) is 13.8 Å². The number of nitrogens with zero attached hydrogens (tertiary/aromatic N) is 1. The minimum atomic E-state index is 0.876. The summed E-state index contributed by atoms with van der Waals surface area (Å²) in [5, 5.41) is 8.80. The Bertz CT molecular complexity index is 369. The number of nitriles is 1. The number of aryl methyl sites for hydroxylation is 1. The van der Waals surface area contributed by atoms with Crippen LogP contribution < -0.4 is 0 Å². The van der Waals surface area contributed by atoms with Crippen LogP contribution in [0.5, 0.6) is 0 Å². The van der Waals surface area contributed by atoms with Crippen LogP contribution in [0.1, 0.15) is 27.8 Å². The minimum Gasteiger partial charge on any atom is -0.192 e. The van der Waals surface area contributed by atoms with Gasteiger partial charge in [0.25, 0.3) is 0 Å². The maximum absolute atomic E-state index is 8.80. The van der Waals surface area contributed by atoms with E-state index < -0.39 is 0 Å². The van der Waals surface area contributed by atoms with Crippen molar-refractivity contribution in [2.75, 3.05) is 0 Å². The molecule has 0 saturated carbocycles. The number of benzene rings is 1. The zero-order valence-electron chi connectivity index (χ0n) is 6.73. The van der Waals surface area contributed by atoms with Crippen molar-refractivity contribution >= 4 is 0 Å². The summed E-state index contributed by atoms with van der Waals surface area (Å²) in [6.07, 6.45) is 1.11. The first-order valence-electron chi connectivity index (χ1n) is 3.76. The summed E-state index contributed by atoms with van der Waals surface area (Å²) in [5.41, 5.74) is 6.02. The summed E-state index contributed by atoms with van der Waals surface area (Å²) in [6, 6.07) is 4.36. The third-order valence-corrected chi connectivity index (χ3v) is 2.35. The second-order valence-corrected chi connectivity index (χ2v) is 3.12. The summed E-state index contributed by atoms with van der Waals surface area (Å²) in [4.78, 5) is 0. The quantitative estimate of drug-likeness (QED) is 0.554. The lowest BCUT2D eigenvalue weighted by Crippen LogP contribution is -1.85. The van der Waals surface area contributed by atoms with Gasteiger partial charge in [0.2, 0.25) is 0 Å². The Balaban J connectivity index is 2.74. The maximum Gasteiger partial charge on any atom is 0.0997 e. The van der Waals surface area contributed by atoms with Crippen LogP contribution >= 0.6 is 0 Å². The predicted octanol–water partition coefficient (Wildman–Crippen LogP) is 2.08. The van der Waals surface area contributed by atoms with E-state index in [4.69, 9.17) is 5.26 Å². The van der Waals surface area contributed by atoms with Crippen LogP contribution in [0.2, 0.25) is 0 Å². The van der Waals surface area contributed by atoms with E-state index in [0.717, 1.165) is 17.5 Å². The Morgan fingerprint density at radius 1 is 1.45 bits per heavy atom. The van der Waals surface area contributed by atoms with Crippen molar-refractivity contribution in [1.29, 1.82) is 5.26 Å². The van der Waals surface area contributed by atoms with Crippen molar-refractivity contribution in [3.63, 3.8) is 0 Å². The number of fused-ring (bicyclic) bond motifs is 1. The van der Waals surface area contributed by atoms with Crippen LogP contribution in [0.3, 0.4) is 0 Å². The van der Waals surface area contributed by atoms with E-state index in [2.05, 4.69) is 12.1 Å². The van der Waals surface area contributed by atoms with E-state index in [-0.39, 0.29) is 0 Å². The first kappa shape index (κ1) is 6.42. The summed E-state index contributed by atoms with van der Waals surface area (Å²) in [5.74, 6) is 0. The number of hydrogen-bond donors (Lipinski definition) is 0. The molecule has 0 aromatic heterocycles. The van der Waals surface area contributed by atoms with Crippen LogP contribution in [-0.2, 0) is 6.42 Å². The molecule has 1 aromatic carbocycles. The van der Waals surface area contributed by atoms with E-state index >= 15 is 0 Å². The molecule has 0 bridgehead atoms. The minimum absolute atomic E-state index is 0.876. The van der Waals surface area contributed by atoms with Gasteiger partial charge >= 0.3 is 0 Å². The van der Waals surface area contributed by atoms with Crippen LogP contribution in [-0.4, -0.2) is 0 Å². The molecule has 0 atom stereocenters. The highest BCUT2D eigenvalue weighted by atomic mass is 14.3. The molecule has 2 rings (SSSR count). The molecule has 1 nitrogen and oxygen atoms in total. The van der Waals surface area contributed by atoms with Crippen LogP contribution in [0.4, 0.5) is 0 Å². The first-order chi connectivity index (χ1) is 5.24. The average molecular weight is 143 g/mol. The van der Waals surface area contributed by atoms with Gasteiger partial charge in [-0.15, -0.1) is 0 Å². The van der Waals surface area contributed by atoms with Gasteiger partial charge in [0.05, 0.1) is 11.6 Å². The van der Waals surface area contributed by atoms with Gasteiger partial charge < -0.3 is 0 Å². The monoisotopic (exact) mass is 143 g/mol. The van der Waals surface area contributed by atoms with Gasteiger partial charge in [0, 0.05) is 0 Å². The fourth-order valence-electron chi connectivity index (χ4n) is 1.61. The van der Waals surface area contributed by atoms with Crippen molar-refractivity contribution in [3.8, 4) is 6.07 Å². The molecule has 1 heteroatoms. The van der Waals surface area contributed by atoms with Crippen molar-refractivity contribution in [2.45, 2.75) is 20.3 Å². The van der Waals surface area contributed by atoms with Crippen molar-refractivity contribution in [1.82, 2.24) is 0 Å². The Morgan fingerprint density at radius 3 is 2.82 bits per heavy atom. The molecule has 0 spiro atoms. The third kappa shape index (κ3) is 0.760. The molecule has 1 aliphatic rings. The molecule has 0 radical (unpaired) electrons. The second-order valence-electron chi connectivity index (χ2n) is 3.12. The Labute approximate surface area is 66.3 Å². The van der Waals surface area contributed by atoms with E-state index in [1.54, 1.807) is 0 Å². The van der Waals surface area contributed by atoms with Crippen molar-refractivity contribution in [3.05, 3.63) is 33.9 Å². The van der Waals surface area contributed by atoms with Crippen molar-refractivity contribution < 1.29 is 0 Å². The molecule has 0 amide bonds. The van der Waals surface area contributed by atoms with Crippen molar-refractivity contribution in [2.24, 2.45) is 0 Å². The lowest BCUT2D eigenvalue weighted by atomic mass is 10.0. The maximum atomic E-state index is 8.80. The Morgan fingerprint density at radius 2 is 2.18 bits per heavy atom. The standard InChI is InChI=1S/C10H9N/c1-6-3-8-4-9(8)7(2)10(6)5-11/h3H,4H2,1-2H3. The highest BCUT2D eigenvalue weighted by Crippen LogP contribution is 2.34. The lowest BCUT2D eigenvalue weighted by Gasteiger charge is -1.97. The van der Waals surface area contributed by atoms with Gasteiger partial charge in [-0.05, 0) is 42.5 Å². The van der Waals surface area contributed by atoms with E-state index in [9.17, 15) is 0 Å². The summed E-state index contributed by atoms with van der Waals surface area (Å²) >= 11 is 0. The molecule has 0 N–H and O–H groups in total. The molecule has 0 unspecified atom stereocenters. The molecular formula is C10H9N. The largest absolute Gasteiger partial charge is 0.192 e. The Hall–Kier alpha value is -1.29. The van der Waals surface area contributed by atoms with Crippen LogP contribution in [0, 0.1) is 25.2 Å². The number of rotatable bonds is 0. The lowest BCUT2D eigenvalue weighted by molar-refractivity contribution is 1.33. The molecule has 0 heterocycles. The smallest absolute Gasteiger partial charge is 0.0997 e. The first-order valence-corrected chi connectivity index (χ1v) is 3.76. The molecule has 11 heavy (non-hydrogen) atoms. The highest BCUT2D eigenvalue weighted by molar-refractivity contribution is 5.59. The van der Waals surface area contributed by atoms with Crippen LogP contribution in [0.15, 0.2) is 6.07 Å². The van der Waals surface area contributed by atoms with Crippen LogP contribution in [0.25, 0.3) is 0 Å². The normalized spacial score (nSPS) is 12.1. The molecule has 0 saturated heterocycles. The Kier molecular flexibility index (Phi) is 1.08. The van der Waals surface area contributed by atoms with Gasteiger partial charge in [-0.25, -0.2) is 0 Å². The highest BCUT2D eigenvalue weighted by Gasteiger charge is 2.22. The van der Waals surface area contributed by atoms with Gasteiger partial charge in [0.1, 0.15) is 0 Å². The second kappa shape index (κ2) is 1.85. The van der Waals surface area contributed by atoms with Gasteiger partial charge in [0.15, 0.2) is 0 Å². The van der Waals surface area contributed by atoms with E-state index in [0.29, 0.717) is 0 Å². The molecule has 1 aromatic rings. The SMILES string of the molecule is Cc1cc2c(c(C)c1C#N)C2. The van der Waals surface area contributed by atoms with E-state index in [1.165, 1.54) is 16.7 Å². The average Bonchev–Trinajstić information content (AvgIpc) is 2.68. The zero-order chi connectivity index (χ0) is 8.01. The summed E-state index contributed by atoms with van der Waals surface area (Å²) in [7, 11) is 0. The van der Waals surface area contributed by atoms with Gasteiger partial charge in [-0.2, -0.15) is 5.26 Å². The number of hydrogen-bond acceptors (Lipinski definition) is 1. The summed E-state index contributed by atoms with van der Waals surface area (Å²) < 4.78 is 0. The third-order valence-electron chi connectivity index (χ3n) is 2.35. The molecular weight excluding hydrogens is 134 g/mol. The van der Waals surface area contributed by atoms with Gasteiger partial charge in [-0.1, -0.05) is 6.07 Å². The molecule has 0 fully saturated rings. The fraction of sp³-hybridized carbons (Fsp3) is 0.300. The predicted molar refractivity (Wildman–Crippen MR) is 43.4 cm³/mol. The summed E-state index contributed by atoms with van der Waals surface area (Å²) in [6.45, 7) is 4.04. The zero-order valence-corrected chi connectivity index (χ0v) is 6.73. The molecule has 0 aliphatic heterocycles. The molecule has 54 valence electrons. The fourth-order valence-corrected chi connectivity index (χ4v) is 1.61.